The lowest BCUT2D eigenvalue weighted by atomic mass is 10.1. The number of imidazole rings is 1. The van der Waals surface area contributed by atoms with E-state index in [-0.39, 0.29) is 0 Å². The van der Waals surface area contributed by atoms with Gasteiger partial charge in [-0.1, -0.05) is 46.3 Å². The number of hydrogen-bond acceptors (Lipinski definition) is 2. The van der Waals surface area contributed by atoms with Crippen LogP contribution in [0.2, 0.25) is 0 Å². The zero-order chi connectivity index (χ0) is 14.8. The second kappa shape index (κ2) is 5.87. The summed E-state index contributed by atoms with van der Waals surface area (Å²) >= 11 is 8.94. The third kappa shape index (κ3) is 2.80. The Kier molecular flexibility index (Phi) is 3.94. The minimum Gasteiger partial charge on any atom is -0.497 e. The second-order valence-corrected chi connectivity index (χ2v) is 5.83. The zero-order valence-electron chi connectivity index (χ0n) is 11.3. The molecule has 3 rings (SSSR count). The highest BCUT2D eigenvalue weighted by atomic mass is 79.9. The van der Waals surface area contributed by atoms with Crippen molar-refractivity contribution in [3.63, 3.8) is 0 Å². The van der Waals surface area contributed by atoms with Crippen LogP contribution in [0.4, 0.5) is 0 Å². The number of aromatic nitrogens is 2. The normalized spacial score (nSPS) is 10.6. The summed E-state index contributed by atoms with van der Waals surface area (Å²) in [6.07, 6.45) is 1.92. The Balaban J connectivity index is 2.22. The fraction of sp³-hybridized carbons (Fsp3) is 0.0625. The van der Waals surface area contributed by atoms with E-state index in [0.717, 1.165) is 27.2 Å². The summed E-state index contributed by atoms with van der Waals surface area (Å²) in [7, 11) is 1.65. The summed E-state index contributed by atoms with van der Waals surface area (Å²) < 4.78 is 8.92. The summed E-state index contributed by atoms with van der Waals surface area (Å²) in [4.78, 5) is 3.11. The van der Waals surface area contributed by atoms with Crippen LogP contribution in [0.5, 0.6) is 5.75 Å². The number of H-pyrrole nitrogens is 1. The van der Waals surface area contributed by atoms with E-state index in [9.17, 15) is 0 Å². The van der Waals surface area contributed by atoms with Gasteiger partial charge in [0.05, 0.1) is 18.5 Å². The maximum Gasteiger partial charge on any atom is 0.182 e. The minimum absolute atomic E-state index is 0.647. The molecule has 1 aromatic heterocycles. The van der Waals surface area contributed by atoms with Crippen LogP contribution in [0.15, 0.2) is 59.2 Å². The number of methoxy groups -OCH3 is 1. The lowest BCUT2D eigenvalue weighted by Gasteiger charge is -2.11. The first-order valence-corrected chi connectivity index (χ1v) is 7.60. The van der Waals surface area contributed by atoms with E-state index >= 15 is 0 Å². The van der Waals surface area contributed by atoms with Gasteiger partial charge in [-0.2, -0.15) is 0 Å². The highest BCUT2D eigenvalue weighted by Crippen LogP contribution is 2.28. The molecule has 0 radical (unpaired) electrons. The average Bonchev–Trinajstić information content (AvgIpc) is 2.89. The van der Waals surface area contributed by atoms with Crippen molar-refractivity contribution >= 4 is 28.1 Å². The van der Waals surface area contributed by atoms with Gasteiger partial charge in [0.25, 0.3) is 0 Å². The van der Waals surface area contributed by atoms with E-state index in [4.69, 9.17) is 17.0 Å². The van der Waals surface area contributed by atoms with Gasteiger partial charge >= 0.3 is 0 Å². The van der Waals surface area contributed by atoms with Gasteiger partial charge in [-0.05, 0) is 24.4 Å². The van der Waals surface area contributed by atoms with Crippen molar-refractivity contribution in [2.45, 2.75) is 0 Å². The quantitative estimate of drug-likeness (QED) is 0.668. The van der Waals surface area contributed by atoms with Crippen LogP contribution in [-0.2, 0) is 0 Å². The largest absolute Gasteiger partial charge is 0.497 e. The summed E-state index contributed by atoms with van der Waals surface area (Å²) in [5.74, 6) is 0.779. The Bertz CT molecular complexity index is 824. The van der Waals surface area contributed by atoms with E-state index in [2.05, 4.69) is 33.0 Å². The fourth-order valence-corrected chi connectivity index (χ4v) is 2.96. The maximum atomic E-state index is 5.43. The standard InChI is InChI=1S/C16H13BrN2OS/c1-20-14-8-12(17)7-13(9-14)19-15(10-18-16(19)21)11-5-3-2-4-6-11/h2-10H,1H3,(H,18,21). The van der Waals surface area contributed by atoms with E-state index < -0.39 is 0 Å². The Morgan fingerprint density at radius 2 is 1.90 bits per heavy atom. The van der Waals surface area contributed by atoms with Crippen molar-refractivity contribution in [2.75, 3.05) is 7.11 Å². The van der Waals surface area contributed by atoms with E-state index in [0.29, 0.717) is 4.77 Å². The van der Waals surface area contributed by atoms with Gasteiger partial charge in [0.1, 0.15) is 5.75 Å². The fourth-order valence-electron chi connectivity index (χ4n) is 2.24. The van der Waals surface area contributed by atoms with Gasteiger partial charge in [0.2, 0.25) is 0 Å². The monoisotopic (exact) mass is 360 g/mol. The molecule has 106 valence electrons. The molecule has 0 amide bonds. The molecular formula is C16H13BrN2OS. The third-order valence-corrected chi connectivity index (χ3v) is 3.95. The molecule has 0 aliphatic heterocycles. The highest BCUT2D eigenvalue weighted by Gasteiger charge is 2.10. The molecule has 1 N–H and O–H groups in total. The van der Waals surface area contributed by atoms with Crippen molar-refractivity contribution in [2.24, 2.45) is 0 Å². The van der Waals surface area contributed by atoms with Crippen molar-refractivity contribution in [3.8, 4) is 22.7 Å². The van der Waals surface area contributed by atoms with Crippen LogP contribution in [0.1, 0.15) is 0 Å². The van der Waals surface area contributed by atoms with Crippen LogP contribution in [0.25, 0.3) is 16.9 Å². The number of nitrogens with one attached hydrogen (secondary N) is 1. The van der Waals surface area contributed by atoms with Gasteiger partial charge in [0, 0.05) is 22.3 Å². The molecule has 2 aromatic carbocycles. The van der Waals surface area contributed by atoms with Crippen LogP contribution < -0.4 is 4.74 Å². The first-order chi connectivity index (χ1) is 10.2. The summed E-state index contributed by atoms with van der Waals surface area (Å²) in [6.45, 7) is 0. The topological polar surface area (TPSA) is 29.9 Å². The molecule has 0 aliphatic carbocycles. The number of halogens is 1. The van der Waals surface area contributed by atoms with Gasteiger partial charge in [0.15, 0.2) is 4.77 Å². The minimum atomic E-state index is 0.647. The molecule has 1 heterocycles. The van der Waals surface area contributed by atoms with Gasteiger partial charge in [-0.25, -0.2) is 0 Å². The molecule has 5 heteroatoms. The molecule has 0 atom stereocenters. The van der Waals surface area contributed by atoms with Crippen LogP contribution >= 0.6 is 28.1 Å². The van der Waals surface area contributed by atoms with E-state index in [1.807, 2.05) is 47.2 Å². The lowest BCUT2D eigenvalue weighted by Crippen LogP contribution is -1.98. The zero-order valence-corrected chi connectivity index (χ0v) is 13.7. The summed E-state index contributed by atoms with van der Waals surface area (Å²) in [5.41, 5.74) is 3.07. The first kappa shape index (κ1) is 14.1. The number of ether oxygens (including phenoxy) is 1. The SMILES string of the molecule is COc1cc(Br)cc(-n2c(-c3ccccc3)c[nH]c2=S)c1. The molecule has 0 unspecified atom stereocenters. The smallest absolute Gasteiger partial charge is 0.182 e. The summed E-state index contributed by atoms with van der Waals surface area (Å²) in [6, 6.07) is 16.0. The van der Waals surface area contributed by atoms with Gasteiger partial charge in [-0.15, -0.1) is 0 Å². The number of aromatic amines is 1. The predicted octanol–water partition coefficient (Wildman–Crippen LogP) is 4.97. The Labute approximate surface area is 136 Å². The molecule has 0 bridgehead atoms. The molecule has 0 spiro atoms. The maximum absolute atomic E-state index is 5.43. The van der Waals surface area contributed by atoms with Crippen LogP contribution in [0, 0.1) is 4.77 Å². The molecular weight excluding hydrogens is 348 g/mol. The Hall–Kier alpha value is -1.85. The summed E-state index contributed by atoms with van der Waals surface area (Å²) in [5, 5.41) is 0. The van der Waals surface area contributed by atoms with E-state index in [1.54, 1.807) is 7.11 Å². The molecule has 21 heavy (non-hydrogen) atoms. The molecule has 3 aromatic rings. The highest BCUT2D eigenvalue weighted by molar-refractivity contribution is 9.10. The van der Waals surface area contributed by atoms with Crippen molar-refractivity contribution in [1.29, 1.82) is 0 Å². The van der Waals surface area contributed by atoms with Crippen molar-refractivity contribution in [1.82, 2.24) is 9.55 Å². The number of nitrogens with zero attached hydrogens (tertiary/aromatic N) is 1. The molecule has 0 fully saturated rings. The average molecular weight is 361 g/mol. The van der Waals surface area contributed by atoms with E-state index in [1.165, 1.54) is 0 Å². The van der Waals surface area contributed by atoms with Gasteiger partial charge in [-0.3, -0.25) is 4.57 Å². The lowest BCUT2D eigenvalue weighted by molar-refractivity contribution is 0.414. The molecule has 0 aliphatic rings. The number of hydrogen-bond donors (Lipinski definition) is 1. The molecule has 0 saturated heterocycles. The molecule has 3 nitrogen and oxygen atoms in total. The first-order valence-electron chi connectivity index (χ1n) is 6.40. The van der Waals surface area contributed by atoms with Gasteiger partial charge < -0.3 is 9.72 Å². The van der Waals surface area contributed by atoms with Crippen LogP contribution in [-0.4, -0.2) is 16.7 Å². The third-order valence-electron chi connectivity index (χ3n) is 3.20. The predicted molar refractivity (Wildman–Crippen MR) is 90.6 cm³/mol. The van der Waals surface area contributed by atoms with Crippen molar-refractivity contribution in [3.05, 3.63) is 64.0 Å². The Morgan fingerprint density at radius 3 is 2.62 bits per heavy atom. The number of benzene rings is 2. The second-order valence-electron chi connectivity index (χ2n) is 4.53. The van der Waals surface area contributed by atoms with Crippen LogP contribution in [0.3, 0.4) is 0 Å². The Morgan fingerprint density at radius 1 is 1.14 bits per heavy atom. The number of rotatable bonds is 3. The molecule has 0 saturated carbocycles. The van der Waals surface area contributed by atoms with Crippen molar-refractivity contribution < 1.29 is 4.74 Å².